The number of piperidine rings is 1. The Balaban J connectivity index is 1.69. The molecule has 1 aliphatic heterocycles. The van der Waals surface area contributed by atoms with Crippen LogP contribution in [0.15, 0.2) is 36.1 Å². The molecule has 0 spiro atoms. The first-order valence-corrected chi connectivity index (χ1v) is 9.44. The minimum Gasteiger partial charge on any atom is -0.347 e. The maximum absolute atomic E-state index is 12.0. The zero-order valence-electron chi connectivity index (χ0n) is 14.0. The first-order chi connectivity index (χ1) is 11.8. The molecular weight excluding hydrogens is 320 g/mol. The summed E-state index contributed by atoms with van der Waals surface area (Å²) < 4.78 is 0. The van der Waals surface area contributed by atoms with Gasteiger partial charge in [-0.05, 0) is 43.0 Å². The molecular formula is C18H24N4OS. The van der Waals surface area contributed by atoms with Gasteiger partial charge in [0.2, 0.25) is 5.91 Å². The Bertz CT molecular complexity index is 632. The fourth-order valence-corrected chi connectivity index (χ4v) is 4.08. The van der Waals surface area contributed by atoms with Crippen molar-refractivity contribution < 1.29 is 4.79 Å². The van der Waals surface area contributed by atoms with E-state index in [1.54, 1.807) is 11.3 Å². The second-order valence-electron chi connectivity index (χ2n) is 6.26. The molecule has 3 heterocycles. The minimum absolute atomic E-state index is 0.0256. The van der Waals surface area contributed by atoms with E-state index in [4.69, 9.17) is 0 Å². The minimum atomic E-state index is 0.0256. The van der Waals surface area contributed by atoms with Crippen LogP contribution in [0.5, 0.6) is 0 Å². The van der Waals surface area contributed by atoms with E-state index >= 15 is 0 Å². The van der Waals surface area contributed by atoms with Crippen molar-refractivity contribution >= 4 is 17.2 Å². The Morgan fingerprint density at radius 3 is 2.96 bits per heavy atom. The van der Waals surface area contributed by atoms with Gasteiger partial charge in [0.05, 0.1) is 6.04 Å². The van der Waals surface area contributed by atoms with Gasteiger partial charge in [0.1, 0.15) is 5.01 Å². The van der Waals surface area contributed by atoms with E-state index in [0.717, 1.165) is 37.5 Å². The molecule has 1 saturated heterocycles. The molecule has 2 atom stereocenters. The molecule has 0 unspecified atom stereocenters. The number of thiazole rings is 1. The molecule has 6 heteroatoms. The number of pyridine rings is 1. The van der Waals surface area contributed by atoms with Crippen molar-refractivity contribution in [2.75, 3.05) is 13.1 Å². The molecule has 1 N–H and O–H groups in total. The number of carbonyl (C=O) groups is 1. The third-order valence-corrected chi connectivity index (χ3v) is 5.38. The van der Waals surface area contributed by atoms with Gasteiger partial charge in [-0.2, -0.15) is 0 Å². The van der Waals surface area contributed by atoms with Crippen LogP contribution in [0.3, 0.4) is 0 Å². The largest absolute Gasteiger partial charge is 0.347 e. The number of likely N-dealkylation sites (tertiary alicyclic amines) is 1. The number of nitrogens with zero attached hydrogens (tertiary/aromatic N) is 3. The summed E-state index contributed by atoms with van der Waals surface area (Å²) in [7, 11) is 0. The standard InChI is InChI=1S/C18H24N4OS/c1-2-16(23)21-17(18-20-9-11-24-18)15-4-3-10-22(13-15)12-14-5-7-19-8-6-14/h5-9,11,15,17H,2-4,10,12-13H2,1H3,(H,21,23)/t15-,17-/m1/s1. The van der Waals surface area contributed by atoms with Gasteiger partial charge in [-0.1, -0.05) is 6.92 Å². The zero-order valence-corrected chi connectivity index (χ0v) is 14.8. The molecule has 0 saturated carbocycles. The summed E-state index contributed by atoms with van der Waals surface area (Å²) in [6.07, 6.45) is 8.30. The van der Waals surface area contributed by atoms with Gasteiger partial charge in [0, 0.05) is 43.5 Å². The van der Waals surface area contributed by atoms with Gasteiger partial charge in [-0.25, -0.2) is 4.98 Å². The predicted molar refractivity (Wildman–Crippen MR) is 95.5 cm³/mol. The van der Waals surface area contributed by atoms with Crippen LogP contribution in [0.2, 0.25) is 0 Å². The molecule has 1 amide bonds. The van der Waals surface area contributed by atoms with Gasteiger partial charge in [-0.3, -0.25) is 14.7 Å². The molecule has 128 valence electrons. The molecule has 24 heavy (non-hydrogen) atoms. The highest BCUT2D eigenvalue weighted by atomic mass is 32.1. The summed E-state index contributed by atoms with van der Waals surface area (Å²) in [6, 6.07) is 4.17. The molecule has 0 aliphatic carbocycles. The Hall–Kier alpha value is -1.79. The van der Waals surface area contributed by atoms with Crippen LogP contribution in [0.1, 0.15) is 42.8 Å². The first kappa shape index (κ1) is 17.0. The lowest BCUT2D eigenvalue weighted by atomic mass is 9.90. The summed E-state index contributed by atoms with van der Waals surface area (Å²) in [5, 5.41) is 6.20. The second-order valence-corrected chi connectivity index (χ2v) is 7.19. The van der Waals surface area contributed by atoms with E-state index in [-0.39, 0.29) is 11.9 Å². The fourth-order valence-electron chi connectivity index (χ4n) is 3.30. The van der Waals surface area contributed by atoms with E-state index in [2.05, 4.69) is 32.3 Å². The smallest absolute Gasteiger partial charge is 0.220 e. The quantitative estimate of drug-likeness (QED) is 0.875. The Morgan fingerprint density at radius 2 is 2.25 bits per heavy atom. The third-order valence-electron chi connectivity index (χ3n) is 4.52. The third kappa shape index (κ3) is 4.39. The summed E-state index contributed by atoms with van der Waals surface area (Å²) in [4.78, 5) is 23.0. The number of aromatic nitrogens is 2. The van der Waals surface area contributed by atoms with Crippen molar-refractivity contribution in [1.82, 2.24) is 20.2 Å². The van der Waals surface area contributed by atoms with Gasteiger partial charge in [-0.15, -0.1) is 11.3 Å². The molecule has 5 nitrogen and oxygen atoms in total. The number of hydrogen-bond acceptors (Lipinski definition) is 5. The molecule has 2 aromatic heterocycles. The highest BCUT2D eigenvalue weighted by Crippen LogP contribution is 2.31. The monoisotopic (exact) mass is 344 g/mol. The molecule has 0 bridgehead atoms. The summed E-state index contributed by atoms with van der Waals surface area (Å²) >= 11 is 1.63. The number of hydrogen-bond donors (Lipinski definition) is 1. The van der Waals surface area contributed by atoms with E-state index in [0.29, 0.717) is 12.3 Å². The molecule has 1 aliphatic rings. The lowest BCUT2D eigenvalue weighted by Crippen LogP contribution is -2.42. The Morgan fingerprint density at radius 1 is 1.42 bits per heavy atom. The summed E-state index contributed by atoms with van der Waals surface area (Å²) in [5.41, 5.74) is 1.29. The van der Waals surface area contributed by atoms with E-state index in [9.17, 15) is 4.79 Å². The highest BCUT2D eigenvalue weighted by Gasteiger charge is 2.30. The summed E-state index contributed by atoms with van der Waals surface area (Å²) in [6.45, 7) is 4.91. The van der Waals surface area contributed by atoms with Crippen LogP contribution in [-0.2, 0) is 11.3 Å². The van der Waals surface area contributed by atoms with E-state index in [1.807, 2.05) is 30.9 Å². The van der Waals surface area contributed by atoms with E-state index in [1.165, 1.54) is 5.56 Å². The number of carbonyl (C=O) groups excluding carboxylic acids is 1. The maximum Gasteiger partial charge on any atom is 0.220 e. The fraction of sp³-hybridized carbons (Fsp3) is 0.500. The zero-order chi connectivity index (χ0) is 16.8. The van der Waals surface area contributed by atoms with Crippen molar-refractivity contribution in [2.45, 2.75) is 38.8 Å². The van der Waals surface area contributed by atoms with Crippen LogP contribution >= 0.6 is 11.3 Å². The van der Waals surface area contributed by atoms with Crippen LogP contribution in [0, 0.1) is 5.92 Å². The average molecular weight is 344 g/mol. The van der Waals surface area contributed by atoms with Gasteiger partial charge < -0.3 is 5.32 Å². The van der Waals surface area contributed by atoms with Crippen LogP contribution in [0.4, 0.5) is 0 Å². The van der Waals surface area contributed by atoms with Crippen molar-refractivity contribution in [1.29, 1.82) is 0 Å². The normalized spacial score (nSPS) is 19.8. The topological polar surface area (TPSA) is 58.1 Å². The first-order valence-electron chi connectivity index (χ1n) is 8.56. The number of rotatable bonds is 6. The lowest BCUT2D eigenvalue weighted by molar-refractivity contribution is -0.122. The van der Waals surface area contributed by atoms with Crippen LogP contribution < -0.4 is 5.32 Å². The number of amides is 1. The second kappa shape index (κ2) is 8.35. The average Bonchev–Trinajstić information content (AvgIpc) is 3.15. The molecule has 3 rings (SSSR count). The highest BCUT2D eigenvalue weighted by molar-refractivity contribution is 7.09. The molecule has 2 aromatic rings. The van der Waals surface area contributed by atoms with Crippen LogP contribution in [-0.4, -0.2) is 33.9 Å². The maximum atomic E-state index is 12.0. The van der Waals surface area contributed by atoms with Crippen molar-refractivity contribution in [3.63, 3.8) is 0 Å². The van der Waals surface area contributed by atoms with Crippen LogP contribution in [0.25, 0.3) is 0 Å². The Labute approximate surface area is 147 Å². The van der Waals surface area contributed by atoms with Crippen molar-refractivity contribution in [3.8, 4) is 0 Å². The molecule has 1 fully saturated rings. The Kier molecular flexibility index (Phi) is 5.93. The molecule has 0 radical (unpaired) electrons. The summed E-state index contributed by atoms with van der Waals surface area (Å²) in [5.74, 6) is 0.503. The predicted octanol–water partition coefficient (Wildman–Crippen LogP) is 3.02. The van der Waals surface area contributed by atoms with E-state index < -0.39 is 0 Å². The van der Waals surface area contributed by atoms with Crippen molar-refractivity contribution in [2.24, 2.45) is 5.92 Å². The number of nitrogens with one attached hydrogen (secondary N) is 1. The SMILES string of the molecule is CCC(=O)N[C@@H](c1nccs1)[C@@H]1CCCN(Cc2ccncc2)C1. The molecule has 0 aromatic carbocycles. The van der Waals surface area contributed by atoms with Crippen molar-refractivity contribution in [3.05, 3.63) is 46.7 Å². The van der Waals surface area contributed by atoms with Gasteiger partial charge in [0.25, 0.3) is 0 Å². The van der Waals surface area contributed by atoms with Gasteiger partial charge >= 0.3 is 0 Å². The van der Waals surface area contributed by atoms with Gasteiger partial charge in [0.15, 0.2) is 0 Å². The lowest BCUT2D eigenvalue weighted by Gasteiger charge is -2.36.